The van der Waals surface area contributed by atoms with Crippen LogP contribution in [0.1, 0.15) is 42.5 Å². The van der Waals surface area contributed by atoms with Gasteiger partial charge in [0.25, 0.3) is 11.7 Å². The average Bonchev–Trinajstić information content (AvgIpc) is 3.21. The van der Waals surface area contributed by atoms with Crippen LogP contribution in [0.2, 0.25) is 0 Å². The van der Waals surface area contributed by atoms with E-state index in [-0.39, 0.29) is 17.9 Å². The van der Waals surface area contributed by atoms with Gasteiger partial charge in [0.05, 0.1) is 39.6 Å². The number of ketones is 1. The SMILES string of the molecule is CCCCOc1cccc(/C(O)=C2\C(=O)C(=O)N(Cc3ccncc3)C2c2cc(OC)c(OC)c(OC)c2)c1. The lowest BCUT2D eigenvalue weighted by atomic mass is 9.94. The summed E-state index contributed by atoms with van der Waals surface area (Å²) in [5.41, 5.74) is 1.60. The summed E-state index contributed by atoms with van der Waals surface area (Å²) < 4.78 is 22.3. The van der Waals surface area contributed by atoms with Crippen LogP contribution in [-0.2, 0) is 16.1 Å². The van der Waals surface area contributed by atoms with Crippen molar-refractivity contribution < 1.29 is 33.6 Å². The minimum absolute atomic E-state index is 0.0472. The number of pyridine rings is 1. The Morgan fingerprint density at radius 3 is 2.28 bits per heavy atom. The molecule has 1 fully saturated rings. The topological polar surface area (TPSA) is 107 Å². The number of hydrogen-bond donors (Lipinski definition) is 1. The van der Waals surface area contributed by atoms with Gasteiger partial charge in [0.2, 0.25) is 5.75 Å². The van der Waals surface area contributed by atoms with Gasteiger partial charge in [-0.2, -0.15) is 0 Å². The summed E-state index contributed by atoms with van der Waals surface area (Å²) in [6.07, 6.45) is 5.10. The predicted molar refractivity (Wildman–Crippen MR) is 145 cm³/mol. The quantitative estimate of drug-likeness (QED) is 0.161. The number of hydrogen-bond acceptors (Lipinski definition) is 8. The highest BCUT2D eigenvalue weighted by molar-refractivity contribution is 6.46. The van der Waals surface area contributed by atoms with Gasteiger partial charge in [0.1, 0.15) is 11.5 Å². The Morgan fingerprint density at radius 1 is 0.974 bits per heavy atom. The summed E-state index contributed by atoms with van der Waals surface area (Å²) in [7, 11) is 4.46. The molecule has 1 aliphatic heterocycles. The zero-order chi connectivity index (χ0) is 27.9. The molecular weight excluding hydrogens is 500 g/mol. The summed E-state index contributed by atoms with van der Waals surface area (Å²) >= 11 is 0. The number of aromatic nitrogens is 1. The number of amides is 1. The molecule has 204 valence electrons. The van der Waals surface area contributed by atoms with Crippen molar-refractivity contribution in [3.8, 4) is 23.0 Å². The Bertz CT molecular complexity index is 1350. The summed E-state index contributed by atoms with van der Waals surface area (Å²) in [5.74, 6) is -0.194. The highest BCUT2D eigenvalue weighted by atomic mass is 16.5. The van der Waals surface area contributed by atoms with Gasteiger partial charge < -0.3 is 29.0 Å². The van der Waals surface area contributed by atoms with Crippen LogP contribution in [-0.4, -0.2) is 54.6 Å². The van der Waals surface area contributed by atoms with Gasteiger partial charge in [0.15, 0.2) is 11.5 Å². The van der Waals surface area contributed by atoms with Crippen LogP contribution in [0.15, 0.2) is 66.5 Å². The highest BCUT2D eigenvalue weighted by Gasteiger charge is 2.46. The summed E-state index contributed by atoms with van der Waals surface area (Å²) in [5, 5.41) is 11.5. The van der Waals surface area contributed by atoms with Crippen molar-refractivity contribution in [3.63, 3.8) is 0 Å². The summed E-state index contributed by atoms with van der Waals surface area (Å²) in [4.78, 5) is 32.4. The second-order valence-electron chi connectivity index (χ2n) is 8.97. The normalized spacial score (nSPS) is 16.3. The number of ether oxygens (including phenoxy) is 4. The molecule has 0 radical (unpaired) electrons. The smallest absolute Gasteiger partial charge is 0.295 e. The lowest BCUT2D eigenvalue weighted by molar-refractivity contribution is -0.140. The number of aliphatic hydroxyl groups is 1. The average molecular weight is 533 g/mol. The predicted octanol–water partition coefficient (Wildman–Crippen LogP) is 4.91. The third-order valence-electron chi connectivity index (χ3n) is 6.52. The number of Topliss-reactive ketones (excluding diaryl/α,β-unsaturated/α-hetero) is 1. The van der Waals surface area contributed by atoms with E-state index in [4.69, 9.17) is 18.9 Å². The van der Waals surface area contributed by atoms with Crippen LogP contribution in [0, 0.1) is 0 Å². The molecule has 1 aliphatic rings. The van der Waals surface area contributed by atoms with E-state index >= 15 is 0 Å². The van der Waals surface area contributed by atoms with Crippen molar-refractivity contribution in [2.75, 3.05) is 27.9 Å². The molecule has 9 nitrogen and oxygen atoms in total. The minimum atomic E-state index is -0.934. The summed E-state index contributed by atoms with van der Waals surface area (Å²) in [6.45, 7) is 2.72. The molecule has 0 bridgehead atoms. The fraction of sp³-hybridized carbons (Fsp3) is 0.300. The van der Waals surface area contributed by atoms with Gasteiger partial charge in [-0.05, 0) is 53.9 Å². The second kappa shape index (κ2) is 12.3. The molecule has 0 aliphatic carbocycles. The fourth-order valence-corrected chi connectivity index (χ4v) is 4.56. The third kappa shape index (κ3) is 5.67. The largest absolute Gasteiger partial charge is 0.507 e. The summed E-state index contributed by atoms with van der Waals surface area (Å²) in [6, 6.07) is 12.8. The molecular formula is C30H32N2O7. The first-order chi connectivity index (χ1) is 18.9. The number of benzene rings is 2. The first-order valence-corrected chi connectivity index (χ1v) is 12.6. The molecule has 1 atom stereocenters. The molecule has 1 amide bonds. The van der Waals surface area contributed by atoms with E-state index in [0.29, 0.717) is 40.7 Å². The maximum absolute atomic E-state index is 13.5. The third-order valence-corrected chi connectivity index (χ3v) is 6.52. The van der Waals surface area contributed by atoms with E-state index in [9.17, 15) is 14.7 Å². The van der Waals surface area contributed by atoms with Crippen molar-refractivity contribution in [2.45, 2.75) is 32.4 Å². The molecule has 4 rings (SSSR count). The van der Waals surface area contributed by atoms with E-state index < -0.39 is 17.7 Å². The zero-order valence-electron chi connectivity index (χ0n) is 22.5. The first kappa shape index (κ1) is 27.5. The molecule has 0 spiro atoms. The standard InChI is InChI=1S/C30H32N2O7/c1-5-6-14-39-22-9-7-8-20(15-22)27(33)25-26(21-16-23(36-2)29(38-4)24(17-21)37-3)32(30(35)28(25)34)18-19-10-12-31-13-11-19/h7-13,15-17,26,33H,5-6,14,18H2,1-4H3/b27-25+. The van der Waals surface area contributed by atoms with Crippen molar-refractivity contribution >= 4 is 17.4 Å². The zero-order valence-corrected chi connectivity index (χ0v) is 22.5. The molecule has 2 heterocycles. The molecule has 1 saturated heterocycles. The van der Waals surface area contributed by atoms with E-state index in [1.807, 2.05) is 0 Å². The number of unbranched alkanes of at least 4 members (excludes halogenated alkanes) is 1. The molecule has 39 heavy (non-hydrogen) atoms. The van der Waals surface area contributed by atoms with Crippen molar-refractivity contribution in [3.05, 3.63) is 83.2 Å². The number of methoxy groups -OCH3 is 3. The first-order valence-electron chi connectivity index (χ1n) is 12.6. The minimum Gasteiger partial charge on any atom is -0.507 e. The van der Waals surface area contributed by atoms with E-state index in [1.54, 1.807) is 60.9 Å². The van der Waals surface area contributed by atoms with Gasteiger partial charge in [-0.3, -0.25) is 14.6 Å². The Morgan fingerprint density at radius 2 is 1.67 bits per heavy atom. The number of likely N-dealkylation sites (tertiary alicyclic amines) is 1. The number of carbonyl (C=O) groups excluding carboxylic acids is 2. The lowest BCUT2D eigenvalue weighted by Crippen LogP contribution is -2.29. The van der Waals surface area contributed by atoms with Gasteiger partial charge in [-0.15, -0.1) is 0 Å². The number of rotatable bonds is 11. The Kier molecular flexibility index (Phi) is 8.70. The fourth-order valence-electron chi connectivity index (χ4n) is 4.56. The molecule has 2 aromatic carbocycles. The van der Waals surface area contributed by atoms with Gasteiger partial charge >= 0.3 is 0 Å². The number of aliphatic hydroxyl groups excluding tert-OH is 1. The van der Waals surface area contributed by atoms with Crippen LogP contribution < -0.4 is 18.9 Å². The maximum atomic E-state index is 13.5. The second-order valence-corrected chi connectivity index (χ2v) is 8.97. The van der Waals surface area contributed by atoms with Crippen molar-refractivity contribution in [1.29, 1.82) is 0 Å². The Balaban J connectivity index is 1.88. The van der Waals surface area contributed by atoms with Crippen LogP contribution in [0.4, 0.5) is 0 Å². The van der Waals surface area contributed by atoms with Crippen molar-refractivity contribution in [2.24, 2.45) is 0 Å². The number of carbonyl (C=O) groups is 2. The molecule has 1 aromatic heterocycles. The van der Waals surface area contributed by atoms with Crippen LogP contribution in [0.25, 0.3) is 5.76 Å². The number of nitrogens with zero attached hydrogens (tertiary/aromatic N) is 2. The van der Waals surface area contributed by atoms with E-state index in [1.165, 1.54) is 26.2 Å². The Hall–Kier alpha value is -4.53. The Labute approximate surface area is 227 Å². The monoisotopic (exact) mass is 532 g/mol. The highest BCUT2D eigenvalue weighted by Crippen LogP contribution is 2.46. The van der Waals surface area contributed by atoms with E-state index in [0.717, 1.165) is 18.4 Å². The van der Waals surface area contributed by atoms with Crippen LogP contribution >= 0.6 is 0 Å². The molecule has 1 unspecified atom stereocenters. The van der Waals surface area contributed by atoms with Crippen LogP contribution in [0.3, 0.4) is 0 Å². The van der Waals surface area contributed by atoms with Gasteiger partial charge in [0, 0.05) is 24.5 Å². The van der Waals surface area contributed by atoms with Gasteiger partial charge in [-0.1, -0.05) is 25.5 Å². The van der Waals surface area contributed by atoms with E-state index in [2.05, 4.69) is 11.9 Å². The van der Waals surface area contributed by atoms with Crippen LogP contribution in [0.5, 0.6) is 23.0 Å². The lowest BCUT2D eigenvalue weighted by Gasteiger charge is -2.26. The molecule has 1 N–H and O–H groups in total. The maximum Gasteiger partial charge on any atom is 0.295 e. The van der Waals surface area contributed by atoms with Gasteiger partial charge in [-0.25, -0.2) is 0 Å². The molecule has 3 aromatic rings. The van der Waals surface area contributed by atoms with Crippen molar-refractivity contribution in [1.82, 2.24) is 9.88 Å². The molecule has 0 saturated carbocycles. The molecule has 9 heteroatoms.